The number of aromatic nitrogens is 2. The van der Waals surface area contributed by atoms with Crippen molar-refractivity contribution in [3.8, 4) is 0 Å². The molecule has 0 aliphatic heterocycles. The van der Waals surface area contributed by atoms with Crippen LogP contribution in [-0.4, -0.2) is 40.5 Å². The number of ether oxygens (including phenoxy) is 1. The van der Waals surface area contributed by atoms with Crippen LogP contribution < -0.4 is 10.6 Å². The van der Waals surface area contributed by atoms with Crippen LogP contribution in [0.1, 0.15) is 54.4 Å². The second-order valence-corrected chi connectivity index (χ2v) is 7.56. The van der Waals surface area contributed by atoms with Crippen molar-refractivity contribution >= 4 is 28.9 Å². The third-order valence-corrected chi connectivity index (χ3v) is 5.33. The Bertz CT molecular complexity index is 944. The average Bonchev–Trinajstić information content (AvgIpc) is 2.68. The zero-order valence-corrected chi connectivity index (χ0v) is 16.9. The number of imide groups is 1. The van der Waals surface area contributed by atoms with Crippen LogP contribution in [0.5, 0.6) is 0 Å². The zero-order chi connectivity index (χ0) is 21.0. The summed E-state index contributed by atoms with van der Waals surface area (Å²) in [6.45, 7) is 5.26. The molecule has 3 amide bonds. The van der Waals surface area contributed by atoms with E-state index >= 15 is 0 Å². The lowest BCUT2D eigenvalue weighted by atomic mass is 9.86. The van der Waals surface area contributed by atoms with Crippen molar-refractivity contribution in [2.45, 2.75) is 52.5 Å². The molecule has 2 N–H and O–H groups in total. The van der Waals surface area contributed by atoms with Crippen LogP contribution in [0.2, 0.25) is 0 Å². The number of hydrogen-bond acceptors (Lipinski definition) is 6. The molecule has 0 unspecified atom stereocenters. The molecule has 1 aromatic heterocycles. The molecule has 3 rings (SSSR count). The summed E-state index contributed by atoms with van der Waals surface area (Å²) in [5.41, 5.74) is 3.12. The molecular formula is C21H26N4O4. The molecule has 1 aliphatic rings. The fraction of sp³-hybridized carbons (Fsp3) is 0.476. The number of fused-ring (bicyclic) bond motifs is 1. The van der Waals surface area contributed by atoms with Gasteiger partial charge in [0, 0.05) is 6.04 Å². The highest BCUT2D eigenvalue weighted by atomic mass is 16.5. The van der Waals surface area contributed by atoms with Gasteiger partial charge in [0.15, 0.2) is 6.61 Å². The first kappa shape index (κ1) is 20.7. The predicted octanol–water partition coefficient (Wildman–Crippen LogP) is 2.81. The number of nitrogens with one attached hydrogen (secondary N) is 2. The summed E-state index contributed by atoms with van der Waals surface area (Å²) in [6.07, 6.45) is 4.19. The predicted molar refractivity (Wildman–Crippen MR) is 107 cm³/mol. The van der Waals surface area contributed by atoms with Gasteiger partial charge in [-0.2, -0.15) is 0 Å². The SMILES string of the molecule is Cc1nc2ccc(C(=O)OCC(=O)NC(=O)N[C@@H]3CCCC[C@H]3C)cc2nc1C. The summed E-state index contributed by atoms with van der Waals surface area (Å²) in [5.74, 6) is -0.958. The van der Waals surface area contributed by atoms with Crippen molar-refractivity contribution in [2.75, 3.05) is 6.61 Å². The number of carbonyl (C=O) groups excluding carboxylic acids is 3. The maximum atomic E-state index is 12.2. The Morgan fingerprint density at radius 3 is 2.48 bits per heavy atom. The molecule has 2 aromatic rings. The van der Waals surface area contributed by atoms with Crippen molar-refractivity contribution in [2.24, 2.45) is 5.92 Å². The van der Waals surface area contributed by atoms with E-state index in [-0.39, 0.29) is 11.6 Å². The Morgan fingerprint density at radius 1 is 1.07 bits per heavy atom. The van der Waals surface area contributed by atoms with Crippen LogP contribution in [0, 0.1) is 19.8 Å². The molecule has 8 nitrogen and oxygen atoms in total. The lowest BCUT2D eigenvalue weighted by Gasteiger charge is -2.29. The molecule has 1 fully saturated rings. The van der Waals surface area contributed by atoms with Gasteiger partial charge < -0.3 is 10.1 Å². The maximum Gasteiger partial charge on any atom is 0.338 e. The van der Waals surface area contributed by atoms with E-state index in [2.05, 4.69) is 27.5 Å². The summed E-state index contributed by atoms with van der Waals surface area (Å²) in [6, 6.07) is 4.33. The molecule has 0 radical (unpaired) electrons. The number of hydrogen-bond donors (Lipinski definition) is 2. The Kier molecular flexibility index (Phi) is 6.41. The molecule has 2 atom stereocenters. The van der Waals surface area contributed by atoms with Gasteiger partial charge in [-0.15, -0.1) is 0 Å². The van der Waals surface area contributed by atoms with Crippen LogP contribution in [0.3, 0.4) is 0 Å². The molecule has 1 aromatic carbocycles. The second kappa shape index (κ2) is 8.98. The largest absolute Gasteiger partial charge is 0.452 e. The quantitative estimate of drug-likeness (QED) is 0.766. The van der Waals surface area contributed by atoms with Crippen molar-refractivity contribution in [1.82, 2.24) is 20.6 Å². The number of amides is 3. The standard InChI is InChI=1S/C21H26N4O4/c1-12-6-4-5-7-16(12)24-21(28)25-19(26)11-29-20(27)15-8-9-17-18(10-15)23-14(3)13(2)22-17/h8-10,12,16H,4-7,11H2,1-3H3,(H2,24,25,26,28)/t12-,16-/m1/s1. The Balaban J connectivity index is 1.52. The molecule has 0 bridgehead atoms. The van der Waals surface area contributed by atoms with E-state index in [1.807, 2.05) is 13.8 Å². The zero-order valence-electron chi connectivity index (χ0n) is 16.9. The minimum Gasteiger partial charge on any atom is -0.452 e. The number of aryl methyl sites for hydroxylation is 2. The normalized spacial score (nSPS) is 18.9. The molecule has 8 heteroatoms. The fourth-order valence-electron chi connectivity index (χ4n) is 3.47. The van der Waals surface area contributed by atoms with Crippen molar-refractivity contribution < 1.29 is 19.1 Å². The van der Waals surface area contributed by atoms with E-state index < -0.39 is 24.5 Å². The Morgan fingerprint density at radius 2 is 1.76 bits per heavy atom. The molecule has 1 saturated carbocycles. The summed E-state index contributed by atoms with van der Waals surface area (Å²) < 4.78 is 5.03. The smallest absolute Gasteiger partial charge is 0.338 e. The van der Waals surface area contributed by atoms with Crippen LogP contribution in [0.25, 0.3) is 11.0 Å². The van der Waals surface area contributed by atoms with Gasteiger partial charge in [0.05, 0.1) is 28.0 Å². The van der Waals surface area contributed by atoms with Gasteiger partial charge in [0.1, 0.15) is 0 Å². The second-order valence-electron chi connectivity index (χ2n) is 7.56. The lowest BCUT2D eigenvalue weighted by molar-refractivity contribution is -0.123. The van der Waals surface area contributed by atoms with Gasteiger partial charge in [-0.25, -0.2) is 19.6 Å². The Hall–Kier alpha value is -3.03. The van der Waals surface area contributed by atoms with E-state index in [0.717, 1.165) is 37.1 Å². The summed E-state index contributed by atoms with van der Waals surface area (Å²) in [7, 11) is 0. The lowest BCUT2D eigenvalue weighted by Crippen LogP contribution is -2.48. The van der Waals surface area contributed by atoms with E-state index in [1.54, 1.807) is 18.2 Å². The highest BCUT2D eigenvalue weighted by Gasteiger charge is 2.23. The third kappa shape index (κ3) is 5.28. The summed E-state index contributed by atoms with van der Waals surface area (Å²) >= 11 is 0. The monoisotopic (exact) mass is 398 g/mol. The fourth-order valence-corrected chi connectivity index (χ4v) is 3.47. The molecule has 1 aliphatic carbocycles. The van der Waals surface area contributed by atoms with Crippen LogP contribution in [0.4, 0.5) is 4.79 Å². The average molecular weight is 398 g/mol. The number of urea groups is 1. The number of carbonyl (C=O) groups is 3. The number of esters is 1. The molecule has 1 heterocycles. The van der Waals surface area contributed by atoms with Crippen molar-refractivity contribution in [3.05, 3.63) is 35.2 Å². The van der Waals surface area contributed by atoms with Gasteiger partial charge in [-0.1, -0.05) is 19.8 Å². The maximum absolute atomic E-state index is 12.2. The highest BCUT2D eigenvalue weighted by molar-refractivity contribution is 5.98. The van der Waals surface area contributed by atoms with Crippen molar-refractivity contribution in [1.29, 1.82) is 0 Å². The number of nitrogens with zero attached hydrogens (tertiary/aromatic N) is 2. The molecule has 0 spiro atoms. The van der Waals surface area contributed by atoms with E-state index in [0.29, 0.717) is 17.0 Å². The van der Waals surface area contributed by atoms with E-state index in [1.165, 1.54) is 0 Å². The first-order valence-corrected chi connectivity index (χ1v) is 9.86. The van der Waals surface area contributed by atoms with Crippen LogP contribution in [-0.2, 0) is 9.53 Å². The molecular weight excluding hydrogens is 372 g/mol. The van der Waals surface area contributed by atoms with Gasteiger partial charge in [-0.3, -0.25) is 10.1 Å². The van der Waals surface area contributed by atoms with Crippen LogP contribution >= 0.6 is 0 Å². The first-order valence-electron chi connectivity index (χ1n) is 9.86. The minimum absolute atomic E-state index is 0.0601. The van der Waals surface area contributed by atoms with E-state index in [4.69, 9.17) is 4.74 Å². The van der Waals surface area contributed by atoms with Gasteiger partial charge in [-0.05, 0) is 50.8 Å². The summed E-state index contributed by atoms with van der Waals surface area (Å²) in [4.78, 5) is 45.0. The minimum atomic E-state index is -0.675. The van der Waals surface area contributed by atoms with Crippen molar-refractivity contribution in [3.63, 3.8) is 0 Å². The Labute approximate surface area is 169 Å². The summed E-state index contributed by atoms with van der Waals surface area (Å²) in [5, 5.41) is 5.03. The third-order valence-electron chi connectivity index (χ3n) is 5.33. The van der Waals surface area contributed by atoms with Crippen LogP contribution in [0.15, 0.2) is 18.2 Å². The highest BCUT2D eigenvalue weighted by Crippen LogP contribution is 2.23. The molecule has 154 valence electrons. The number of rotatable bonds is 4. The van der Waals surface area contributed by atoms with E-state index in [9.17, 15) is 14.4 Å². The van der Waals surface area contributed by atoms with Gasteiger partial charge in [0.25, 0.3) is 5.91 Å². The first-order chi connectivity index (χ1) is 13.8. The number of benzene rings is 1. The van der Waals surface area contributed by atoms with Gasteiger partial charge in [0.2, 0.25) is 0 Å². The van der Waals surface area contributed by atoms with Gasteiger partial charge >= 0.3 is 12.0 Å². The molecule has 0 saturated heterocycles. The topological polar surface area (TPSA) is 110 Å². The molecule has 29 heavy (non-hydrogen) atoms.